The Morgan fingerprint density at radius 2 is 1.87 bits per heavy atom. The highest BCUT2D eigenvalue weighted by atomic mass is 19.1. The van der Waals surface area contributed by atoms with Crippen molar-refractivity contribution in [3.8, 4) is 11.3 Å². The summed E-state index contributed by atoms with van der Waals surface area (Å²) in [5, 5.41) is 10.5. The number of aliphatic hydroxyl groups excluding tert-OH is 1. The second-order valence-corrected chi connectivity index (χ2v) is 9.37. The second-order valence-electron chi connectivity index (χ2n) is 9.37. The number of pyridine rings is 1. The van der Waals surface area contributed by atoms with Crippen molar-refractivity contribution in [2.75, 3.05) is 13.1 Å². The number of halogens is 1. The van der Waals surface area contributed by atoms with Crippen LogP contribution in [0.5, 0.6) is 0 Å². The summed E-state index contributed by atoms with van der Waals surface area (Å²) in [5.41, 5.74) is 2.10. The summed E-state index contributed by atoms with van der Waals surface area (Å²) in [6, 6.07) is 10.6. The number of nitrogens with zero attached hydrogens (tertiary/aromatic N) is 3. The van der Waals surface area contributed by atoms with Gasteiger partial charge in [-0.25, -0.2) is 4.39 Å². The number of β-amino-alcohol motifs (C(OH)–C–C–N with tert-alkyl or cyclic N) is 1. The van der Waals surface area contributed by atoms with Crippen molar-refractivity contribution in [1.82, 2.24) is 14.8 Å². The molecule has 3 heterocycles. The van der Waals surface area contributed by atoms with Crippen LogP contribution in [0, 0.1) is 5.82 Å². The van der Waals surface area contributed by atoms with Crippen LogP contribution in [0.2, 0.25) is 0 Å². The first-order valence-corrected chi connectivity index (χ1v) is 11.5. The van der Waals surface area contributed by atoms with E-state index in [0.717, 1.165) is 42.6 Å². The van der Waals surface area contributed by atoms with Gasteiger partial charge in [0.15, 0.2) is 0 Å². The number of rotatable bonds is 4. The van der Waals surface area contributed by atoms with Crippen LogP contribution in [0.4, 0.5) is 4.39 Å². The first-order valence-electron chi connectivity index (χ1n) is 11.5. The van der Waals surface area contributed by atoms with Crippen molar-refractivity contribution in [2.24, 2.45) is 0 Å². The summed E-state index contributed by atoms with van der Waals surface area (Å²) >= 11 is 0. The Hall–Kier alpha value is -2.31. The summed E-state index contributed by atoms with van der Waals surface area (Å²) in [6.07, 6.45) is 8.58. The molecule has 0 unspecified atom stereocenters. The van der Waals surface area contributed by atoms with Crippen molar-refractivity contribution in [1.29, 1.82) is 0 Å². The minimum absolute atomic E-state index is 0.215. The third-order valence-corrected chi connectivity index (χ3v) is 7.39. The molecule has 1 aromatic carbocycles. The molecule has 2 aromatic rings. The Balaban J connectivity index is 1.32. The third kappa shape index (κ3) is 3.87. The number of benzene rings is 1. The summed E-state index contributed by atoms with van der Waals surface area (Å²) in [4.78, 5) is 22.4. The fraction of sp³-hybridized carbons (Fsp3) is 0.520. The minimum atomic E-state index is -0.577. The van der Waals surface area contributed by atoms with Gasteiger partial charge < -0.3 is 10.0 Å². The molecule has 1 aliphatic carbocycles. The molecular weight excluding hydrogens is 393 g/mol. The number of aliphatic hydroxyl groups is 1. The molecule has 1 amide bonds. The zero-order chi connectivity index (χ0) is 21.4. The average Bonchev–Trinajstić information content (AvgIpc) is 3.29. The van der Waals surface area contributed by atoms with E-state index in [4.69, 9.17) is 0 Å². The van der Waals surface area contributed by atoms with E-state index < -0.39 is 11.6 Å². The number of hydrogen-bond acceptors (Lipinski definition) is 4. The Bertz CT molecular complexity index is 927. The van der Waals surface area contributed by atoms with Crippen molar-refractivity contribution >= 4 is 5.91 Å². The van der Waals surface area contributed by atoms with Gasteiger partial charge in [0.25, 0.3) is 0 Å². The van der Waals surface area contributed by atoms with Crippen LogP contribution in [0.15, 0.2) is 42.6 Å². The Morgan fingerprint density at radius 1 is 1.10 bits per heavy atom. The van der Waals surface area contributed by atoms with Crippen LogP contribution in [-0.2, 0) is 11.3 Å². The highest BCUT2D eigenvalue weighted by Crippen LogP contribution is 2.42. The molecule has 31 heavy (non-hydrogen) atoms. The van der Waals surface area contributed by atoms with Crippen LogP contribution in [-0.4, -0.2) is 56.6 Å². The molecule has 164 valence electrons. The molecular formula is C25H30FN3O2. The maximum atomic E-state index is 13.6. The highest BCUT2D eigenvalue weighted by Gasteiger charge is 2.56. The molecule has 2 aliphatic heterocycles. The quantitative estimate of drug-likeness (QED) is 0.814. The van der Waals surface area contributed by atoms with Gasteiger partial charge in [-0.3, -0.25) is 14.7 Å². The summed E-state index contributed by atoms with van der Waals surface area (Å²) in [7, 11) is 0. The molecule has 0 radical (unpaired) electrons. The van der Waals surface area contributed by atoms with Gasteiger partial charge in [-0.15, -0.1) is 0 Å². The first kappa shape index (κ1) is 20.6. The van der Waals surface area contributed by atoms with Crippen molar-refractivity contribution in [3.63, 3.8) is 0 Å². The molecule has 5 nitrogen and oxygen atoms in total. The number of likely N-dealkylation sites (tertiary alicyclic amines) is 2. The number of aromatic nitrogens is 1. The largest absolute Gasteiger partial charge is 0.392 e. The number of amides is 1. The van der Waals surface area contributed by atoms with Crippen LogP contribution < -0.4 is 0 Å². The van der Waals surface area contributed by atoms with E-state index >= 15 is 0 Å². The Labute approximate surface area is 182 Å². The Morgan fingerprint density at radius 3 is 2.58 bits per heavy atom. The van der Waals surface area contributed by atoms with Gasteiger partial charge in [0, 0.05) is 43.9 Å². The molecule has 1 spiro atoms. The predicted octanol–water partition coefficient (Wildman–Crippen LogP) is 3.76. The molecule has 2 atom stereocenters. The molecule has 1 aromatic heterocycles. The minimum Gasteiger partial charge on any atom is -0.392 e. The number of carbonyl (C=O) groups is 1. The third-order valence-electron chi connectivity index (χ3n) is 7.39. The van der Waals surface area contributed by atoms with Crippen LogP contribution in [0.25, 0.3) is 11.3 Å². The maximum Gasteiger partial charge on any atom is 0.243 e. The average molecular weight is 424 g/mol. The SMILES string of the molecule is O=C1N(C2CCCCC2)CC[C@]12C[C@@H](O)CN2Cc1ccc(-c2ccc(F)cc2)nc1. The van der Waals surface area contributed by atoms with Crippen LogP contribution >= 0.6 is 0 Å². The van der Waals surface area contributed by atoms with E-state index in [9.17, 15) is 14.3 Å². The zero-order valence-corrected chi connectivity index (χ0v) is 17.8. The van der Waals surface area contributed by atoms with E-state index in [1.54, 1.807) is 12.1 Å². The molecule has 3 fully saturated rings. The van der Waals surface area contributed by atoms with E-state index in [2.05, 4.69) is 14.8 Å². The van der Waals surface area contributed by atoms with Crippen molar-refractivity contribution in [2.45, 2.75) is 69.2 Å². The molecule has 6 heteroatoms. The number of hydrogen-bond donors (Lipinski definition) is 1. The standard InChI is InChI=1S/C25H30FN3O2/c26-20-9-7-19(8-10-20)23-11-6-18(15-27-23)16-28-17-22(30)14-25(28)12-13-29(24(25)31)21-4-2-1-3-5-21/h6-11,15,21-22,30H,1-5,12-14,16-17H2/t22-,25+/m1/s1. The lowest BCUT2D eigenvalue weighted by Gasteiger charge is -2.36. The zero-order valence-electron chi connectivity index (χ0n) is 17.8. The van der Waals surface area contributed by atoms with Gasteiger partial charge in [-0.1, -0.05) is 25.3 Å². The number of carbonyl (C=O) groups excluding carboxylic acids is 1. The lowest BCUT2D eigenvalue weighted by Crippen LogP contribution is -2.51. The van der Waals surface area contributed by atoms with Crippen LogP contribution in [0.1, 0.15) is 50.5 Å². The van der Waals surface area contributed by atoms with Gasteiger partial charge in [0.2, 0.25) is 5.91 Å². The van der Waals surface area contributed by atoms with Gasteiger partial charge in [0.05, 0.1) is 11.8 Å². The van der Waals surface area contributed by atoms with Crippen molar-refractivity contribution in [3.05, 3.63) is 54.0 Å². The molecule has 3 aliphatic rings. The highest BCUT2D eigenvalue weighted by molar-refractivity contribution is 5.89. The molecule has 0 bridgehead atoms. The molecule has 1 N–H and O–H groups in total. The predicted molar refractivity (Wildman–Crippen MR) is 117 cm³/mol. The molecule has 1 saturated carbocycles. The van der Waals surface area contributed by atoms with Gasteiger partial charge in [-0.05, 0) is 55.2 Å². The van der Waals surface area contributed by atoms with Gasteiger partial charge in [0.1, 0.15) is 11.4 Å². The van der Waals surface area contributed by atoms with E-state index in [1.165, 1.54) is 31.4 Å². The molecule has 5 rings (SSSR count). The summed E-state index contributed by atoms with van der Waals surface area (Å²) in [6.45, 7) is 1.91. The summed E-state index contributed by atoms with van der Waals surface area (Å²) in [5.74, 6) is -0.0476. The fourth-order valence-electron chi connectivity index (χ4n) is 5.76. The van der Waals surface area contributed by atoms with Crippen molar-refractivity contribution < 1.29 is 14.3 Å². The Kier molecular flexibility index (Phi) is 5.52. The topological polar surface area (TPSA) is 56.7 Å². The molecule has 2 saturated heterocycles. The van der Waals surface area contributed by atoms with E-state index in [1.807, 2.05) is 18.3 Å². The van der Waals surface area contributed by atoms with Gasteiger partial charge >= 0.3 is 0 Å². The van der Waals surface area contributed by atoms with E-state index in [0.29, 0.717) is 25.6 Å². The van der Waals surface area contributed by atoms with Crippen LogP contribution in [0.3, 0.4) is 0 Å². The van der Waals surface area contributed by atoms with E-state index in [-0.39, 0.29) is 11.7 Å². The van der Waals surface area contributed by atoms with Gasteiger partial charge in [-0.2, -0.15) is 0 Å². The smallest absolute Gasteiger partial charge is 0.243 e. The second kappa shape index (κ2) is 8.32. The monoisotopic (exact) mass is 423 g/mol. The summed E-state index contributed by atoms with van der Waals surface area (Å²) < 4.78 is 13.2. The first-order chi connectivity index (χ1) is 15.0. The maximum absolute atomic E-state index is 13.6. The lowest BCUT2D eigenvalue weighted by molar-refractivity contribution is -0.139. The normalized spacial score (nSPS) is 27.5. The fourth-order valence-corrected chi connectivity index (χ4v) is 5.76. The lowest BCUT2D eigenvalue weighted by atomic mass is 9.92.